The maximum absolute atomic E-state index is 10.6. The lowest BCUT2D eigenvalue weighted by Gasteiger charge is -2.00. The molecule has 0 amide bonds. The number of carbonyl (C=O) groups is 1. The number of aliphatic carboxylic acids is 1. The van der Waals surface area contributed by atoms with Gasteiger partial charge in [-0.15, -0.1) is 0 Å². The van der Waals surface area contributed by atoms with E-state index in [4.69, 9.17) is 16.7 Å². The summed E-state index contributed by atoms with van der Waals surface area (Å²) < 4.78 is 0. The Morgan fingerprint density at radius 1 is 1.50 bits per heavy atom. The number of fused-ring (bicyclic) bond motifs is 1. The first kappa shape index (κ1) is 11.0. The Kier molecular flexibility index (Phi) is 2.88. The third-order valence-electron chi connectivity index (χ3n) is 2.68. The number of halogens is 1. The molecule has 0 bridgehead atoms. The van der Waals surface area contributed by atoms with Crippen LogP contribution in [0.2, 0.25) is 5.02 Å². The molecule has 0 spiro atoms. The first-order valence-electron chi connectivity index (χ1n) is 5.07. The molecule has 0 fully saturated rings. The van der Waals surface area contributed by atoms with Gasteiger partial charge in [-0.25, -0.2) is 0 Å². The number of benzene rings is 1. The van der Waals surface area contributed by atoms with E-state index in [0.717, 1.165) is 22.2 Å². The summed E-state index contributed by atoms with van der Waals surface area (Å²) in [7, 11) is 0. The summed E-state index contributed by atoms with van der Waals surface area (Å²) in [6.45, 7) is 1.94. The zero-order valence-electron chi connectivity index (χ0n) is 8.88. The van der Waals surface area contributed by atoms with Gasteiger partial charge in [0.2, 0.25) is 0 Å². The molecule has 84 valence electrons. The molecule has 0 saturated heterocycles. The number of carboxylic acids is 1. The summed E-state index contributed by atoms with van der Waals surface area (Å²) in [5.41, 5.74) is 2.96. The SMILES string of the molecule is Cc1[nH]c2cccc(Cl)c2c1CCC(=O)O. The summed E-state index contributed by atoms with van der Waals surface area (Å²) in [6, 6.07) is 5.64. The van der Waals surface area contributed by atoms with Crippen LogP contribution in [0.5, 0.6) is 0 Å². The largest absolute Gasteiger partial charge is 0.481 e. The molecule has 16 heavy (non-hydrogen) atoms. The standard InChI is InChI=1S/C12H12ClNO2/c1-7-8(5-6-11(15)16)12-9(13)3-2-4-10(12)14-7/h2-4,14H,5-6H2,1H3,(H,15,16). The van der Waals surface area contributed by atoms with Crippen molar-refractivity contribution in [2.24, 2.45) is 0 Å². The van der Waals surface area contributed by atoms with Crippen LogP contribution in [0.1, 0.15) is 17.7 Å². The highest BCUT2D eigenvalue weighted by Gasteiger charge is 2.12. The van der Waals surface area contributed by atoms with E-state index in [1.165, 1.54) is 0 Å². The Morgan fingerprint density at radius 2 is 2.25 bits per heavy atom. The summed E-state index contributed by atoms with van der Waals surface area (Å²) in [5, 5.41) is 10.3. The van der Waals surface area contributed by atoms with Crippen LogP contribution in [-0.4, -0.2) is 16.1 Å². The van der Waals surface area contributed by atoms with Gasteiger partial charge in [-0.1, -0.05) is 17.7 Å². The van der Waals surface area contributed by atoms with Gasteiger partial charge >= 0.3 is 5.97 Å². The first-order chi connectivity index (χ1) is 7.59. The van der Waals surface area contributed by atoms with E-state index in [2.05, 4.69) is 4.98 Å². The van der Waals surface area contributed by atoms with Crippen LogP contribution in [0.15, 0.2) is 18.2 Å². The molecule has 2 N–H and O–H groups in total. The van der Waals surface area contributed by atoms with Crippen LogP contribution >= 0.6 is 11.6 Å². The van der Waals surface area contributed by atoms with Crippen molar-refractivity contribution in [3.05, 3.63) is 34.5 Å². The van der Waals surface area contributed by atoms with Gasteiger partial charge in [-0.05, 0) is 31.0 Å². The second kappa shape index (κ2) is 4.18. The number of aromatic nitrogens is 1. The lowest BCUT2D eigenvalue weighted by atomic mass is 10.1. The van der Waals surface area contributed by atoms with E-state index in [-0.39, 0.29) is 6.42 Å². The smallest absolute Gasteiger partial charge is 0.303 e. The van der Waals surface area contributed by atoms with Gasteiger partial charge in [0.15, 0.2) is 0 Å². The van der Waals surface area contributed by atoms with Crippen molar-refractivity contribution in [3.8, 4) is 0 Å². The number of rotatable bonds is 3. The van der Waals surface area contributed by atoms with E-state index in [9.17, 15) is 4.79 Å². The monoisotopic (exact) mass is 237 g/mol. The first-order valence-corrected chi connectivity index (χ1v) is 5.45. The Bertz CT molecular complexity index is 545. The minimum atomic E-state index is -0.791. The summed E-state index contributed by atoms with van der Waals surface area (Å²) >= 11 is 6.12. The van der Waals surface area contributed by atoms with Gasteiger partial charge in [0.1, 0.15) is 0 Å². The van der Waals surface area contributed by atoms with Crippen molar-refractivity contribution in [2.75, 3.05) is 0 Å². The Balaban J connectivity index is 2.50. The van der Waals surface area contributed by atoms with Gasteiger partial charge in [-0.3, -0.25) is 4.79 Å². The lowest BCUT2D eigenvalue weighted by molar-refractivity contribution is -0.136. The Labute approximate surface area is 98.0 Å². The van der Waals surface area contributed by atoms with Crippen molar-refractivity contribution >= 4 is 28.5 Å². The van der Waals surface area contributed by atoms with Gasteiger partial charge < -0.3 is 10.1 Å². The number of hydrogen-bond acceptors (Lipinski definition) is 1. The van der Waals surface area contributed by atoms with Crippen molar-refractivity contribution in [1.29, 1.82) is 0 Å². The average molecular weight is 238 g/mol. The van der Waals surface area contributed by atoms with Crippen LogP contribution < -0.4 is 0 Å². The number of hydrogen-bond donors (Lipinski definition) is 2. The predicted octanol–water partition coefficient (Wildman–Crippen LogP) is 3.15. The zero-order chi connectivity index (χ0) is 11.7. The fourth-order valence-electron chi connectivity index (χ4n) is 1.94. The fraction of sp³-hybridized carbons (Fsp3) is 0.250. The quantitative estimate of drug-likeness (QED) is 0.862. The molecule has 1 heterocycles. The minimum absolute atomic E-state index is 0.124. The van der Waals surface area contributed by atoms with E-state index >= 15 is 0 Å². The van der Waals surface area contributed by atoms with Crippen LogP contribution in [0.3, 0.4) is 0 Å². The lowest BCUT2D eigenvalue weighted by Crippen LogP contribution is -1.98. The number of aryl methyl sites for hydroxylation is 2. The molecule has 0 aliphatic heterocycles. The summed E-state index contributed by atoms with van der Waals surface area (Å²) in [5.74, 6) is -0.791. The van der Waals surface area contributed by atoms with Crippen molar-refractivity contribution in [3.63, 3.8) is 0 Å². The number of H-pyrrole nitrogens is 1. The molecule has 0 atom stereocenters. The van der Waals surface area contributed by atoms with Gasteiger partial charge in [0.25, 0.3) is 0 Å². The highest BCUT2D eigenvalue weighted by Crippen LogP contribution is 2.29. The highest BCUT2D eigenvalue weighted by molar-refractivity contribution is 6.35. The van der Waals surface area contributed by atoms with Crippen LogP contribution in [0.4, 0.5) is 0 Å². The molecule has 4 heteroatoms. The molecule has 3 nitrogen and oxygen atoms in total. The molecule has 2 rings (SSSR count). The molecule has 0 unspecified atom stereocenters. The van der Waals surface area contributed by atoms with Gasteiger partial charge in [-0.2, -0.15) is 0 Å². The molecule has 0 radical (unpaired) electrons. The Hall–Kier alpha value is -1.48. The molecule has 2 aromatic rings. The zero-order valence-corrected chi connectivity index (χ0v) is 9.64. The second-order valence-electron chi connectivity index (χ2n) is 3.78. The van der Waals surface area contributed by atoms with E-state index in [1.807, 2.05) is 25.1 Å². The molecule has 1 aromatic carbocycles. The van der Waals surface area contributed by atoms with Crippen molar-refractivity contribution < 1.29 is 9.90 Å². The topological polar surface area (TPSA) is 53.1 Å². The molecule has 1 aromatic heterocycles. The third-order valence-corrected chi connectivity index (χ3v) is 2.99. The van der Waals surface area contributed by atoms with Gasteiger partial charge in [0, 0.05) is 23.0 Å². The highest BCUT2D eigenvalue weighted by atomic mass is 35.5. The number of carboxylic acid groups (broad SMARTS) is 1. The average Bonchev–Trinajstić information content (AvgIpc) is 2.52. The fourth-order valence-corrected chi connectivity index (χ4v) is 2.23. The maximum atomic E-state index is 10.6. The van der Waals surface area contributed by atoms with Crippen LogP contribution in [0.25, 0.3) is 10.9 Å². The number of nitrogens with one attached hydrogen (secondary N) is 1. The van der Waals surface area contributed by atoms with E-state index in [1.54, 1.807) is 0 Å². The molecule has 0 aliphatic rings. The van der Waals surface area contributed by atoms with Crippen LogP contribution in [0, 0.1) is 6.92 Å². The molecular formula is C12H12ClNO2. The van der Waals surface area contributed by atoms with Crippen LogP contribution in [-0.2, 0) is 11.2 Å². The summed E-state index contributed by atoms with van der Waals surface area (Å²) in [4.78, 5) is 13.8. The Morgan fingerprint density at radius 3 is 2.94 bits per heavy atom. The molecule has 0 aliphatic carbocycles. The van der Waals surface area contributed by atoms with Crippen molar-refractivity contribution in [2.45, 2.75) is 19.8 Å². The predicted molar refractivity (Wildman–Crippen MR) is 64.0 cm³/mol. The molecular weight excluding hydrogens is 226 g/mol. The van der Waals surface area contributed by atoms with Crippen molar-refractivity contribution in [1.82, 2.24) is 4.98 Å². The normalized spacial score (nSPS) is 10.9. The maximum Gasteiger partial charge on any atom is 0.303 e. The molecule has 0 saturated carbocycles. The van der Waals surface area contributed by atoms with Gasteiger partial charge in [0.05, 0.1) is 5.02 Å². The van der Waals surface area contributed by atoms with E-state index < -0.39 is 5.97 Å². The number of aromatic amines is 1. The summed E-state index contributed by atoms with van der Waals surface area (Å²) in [6.07, 6.45) is 0.629. The second-order valence-corrected chi connectivity index (χ2v) is 4.19. The minimum Gasteiger partial charge on any atom is -0.481 e. The third kappa shape index (κ3) is 1.91. The van der Waals surface area contributed by atoms with E-state index in [0.29, 0.717) is 11.4 Å².